The van der Waals surface area contributed by atoms with Crippen molar-refractivity contribution in [1.29, 1.82) is 0 Å². The van der Waals surface area contributed by atoms with Crippen LogP contribution in [0.2, 0.25) is 0 Å². The zero-order valence-corrected chi connectivity index (χ0v) is 14.9. The van der Waals surface area contributed by atoms with Crippen LogP contribution >= 0.6 is 0 Å². The molecule has 0 radical (unpaired) electrons. The van der Waals surface area contributed by atoms with Crippen LogP contribution in [0.15, 0.2) is 35.1 Å². The molecule has 1 aromatic carbocycles. The number of rotatable bonds is 3. The van der Waals surface area contributed by atoms with Crippen LogP contribution in [0.4, 0.5) is 0 Å². The van der Waals surface area contributed by atoms with E-state index in [-0.39, 0.29) is 22.9 Å². The molecule has 1 aliphatic rings. The number of aromatic nitrogens is 2. The average molecular weight is 341 g/mol. The molecular formula is C19H23N3O3. The lowest BCUT2D eigenvalue weighted by Crippen LogP contribution is -2.40. The highest BCUT2D eigenvalue weighted by molar-refractivity contribution is 5.94. The summed E-state index contributed by atoms with van der Waals surface area (Å²) in [4.78, 5) is 27.1. The molecule has 132 valence electrons. The first-order valence-corrected chi connectivity index (χ1v) is 8.54. The first-order valence-electron chi connectivity index (χ1n) is 8.54. The Morgan fingerprint density at radius 2 is 2.00 bits per heavy atom. The van der Waals surface area contributed by atoms with Crippen LogP contribution in [-0.2, 0) is 0 Å². The molecule has 1 amide bonds. The van der Waals surface area contributed by atoms with Crippen molar-refractivity contribution in [3.8, 4) is 11.4 Å². The molecule has 2 heterocycles. The molecule has 6 nitrogen and oxygen atoms in total. The number of amides is 1. The zero-order valence-electron chi connectivity index (χ0n) is 14.9. The lowest BCUT2D eigenvalue weighted by atomic mass is 10.00. The number of carbonyl (C=O) groups is 1. The molecule has 0 unspecified atom stereocenters. The Morgan fingerprint density at radius 3 is 2.64 bits per heavy atom. The third-order valence-electron chi connectivity index (χ3n) is 4.54. The third-order valence-corrected chi connectivity index (χ3v) is 4.54. The normalized spacial score (nSPS) is 17.4. The molecule has 1 aromatic heterocycles. The second-order valence-electron chi connectivity index (χ2n) is 6.65. The number of likely N-dealkylation sites (tertiary alicyclic amines) is 1. The van der Waals surface area contributed by atoms with Crippen LogP contribution in [0.1, 0.15) is 35.8 Å². The second-order valence-corrected chi connectivity index (χ2v) is 6.65. The predicted molar refractivity (Wildman–Crippen MR) is 95.4 cm³/mol. The summed E-state index contributed by atoms with van der Waals surface area (Å²) in [6.07, 6.45) is 2.10. The van der Waals surface area contributed by atoms with Gasteiger partial charge in [0, 0.05) is 13.1 Å². The molecule has 6 heteroatoms. The average Bonchev–Trinajstić information content (AvgIpc) is 2.61. The van der Waals surface area contributed by atoms with Gasteiger partial charge in [-0.2, -0.15) is 9.78 Å². The van der Waals surface area contributed by atoms with Gasteiger partial charge in [0.15, 0.2) is 11.4 Å². The van der Waals surface area contributed by atoms with E-state index in [0.717, 1.165) is 18.4 Å². The lowest BCUT2D eigenvalue weighted by Gasteiger charge is -2.30. The van der Waals surface area contributed by atoms with Crippen molar-refractivity contribution in [2.45, 2.75) is 26.7 Å². The van der Waals surface area contributed by atoms with Crippen LogP contribution in [0, 0.1) is 12.8 Å². The molecule has 1 saturated heterocycles. The number of benzene rings is 1. The van der Waals surface area contributed by atoms with Crippen molar-refractivity contribution in [2.24, 2.45) is 5.92 Å². The molecule has 3 rings (SSSR count). The molecule has 0 saturated carbocycles. The Kier molecular flexibility index (Phi) is 4.88. The van der Waals surface area contributed by atoms with Gasteiger partial charge in [-0.3, -0.25) is 9.59 Å². The van der Waals surface area contributed by atoms with E-state index in [2.05, 4.69) is 12.0 Å². The highest BCUT2D eigenvalue weighted by atomic mass is 16.5. The minimum absolute atomic E-state index is 0.178. The van der Waals surface area contributed by atoms with Gasteiger partial charge in [-0.1, -0.05) is 24.6 Å². The molecule has 0 aliphatic carbocycles. The number of piperidine rings is 1. The maximum atomic E-state index is 12.9. The summed E-state index contributed by atoms with van der Waals surface area (Å²) in [6.45, 7) is 5.52. The number of ether oxygens (including phenoxy) is 1. The third kappa shape index (κ3) is 3.57. The van der Waals surface area contributed by atoms with Crippen LogP contribution in [0.5, 0.6) is 5.75 Å². The molecule has 1 fully saturated rings. The van der Waals surface area contributed by atoms with E-state index in [9.17, 15) is 9.59 Å². The van der Waals surface area contributed by atoms with Crippen LogP contribution in [0.3, 0.4) is 0 Å². The number of methoxy groups -OCH3 is 1. The standard InChI is InChI=1S/C19H23N3O3/c1-13-6-8-15(9-7-13)22-17(23)11-16(25-3)18(20-22)19(24)21-10-4-5-14(2)12-21/h6-9,11,14H,4-5,10,12H2,1-3H3/t14-/m1/s1. The van der Waals surface area contributed by atoms with Crippen LogP contribution in [0.25, 0.3) is 5.69 Å². The summed E-state index contributed by atoms with van der Waals surface area (Å²) in [5.41, 5.74) is 1.56. The molecular weight excluding hydrogens is 318 g/mol. The van der Waals surface area contributed by atoms with Gasteiger partial charge in [-0.15, -0.1) is 0 Å². The fraction of sp³-hybridized carbons (Fsp3) is 0.421. The van der Waals surface area contributed by atoms with E-state index < -0.39 is 0 Å². The van der Waals surface area contributed by atoms with E-state index in [1.54, 1.807) is 4.90 Å². The molecule has 0 N–H and O–H groups in total. The van der Waals surface area contributed by atoms with Gasteiger partial charge < -0.3 is 9.64 Å². The highest BCUT2D eigenvalue weighted by Gasteiger charge is 2.26. The van der Waals surface area contributed by atoms with Gasteiger partial charge in [0.05, 0.1) is 18.9 Å². The van der Waals surface area contributed by atoms with E-state index in [0.29, 0.717) is 24.7 Å². The maximum absolute atomic E-state index is 12.9. The smallest absolute Gasteiger partial charge is 0.278 e. The first kappa shape index (κ1) is 17.2. The fourth-order valence-corrected chi connectivity index (χ4v) is 3.14. The lowest BCUT2D eigenvalue weighted by molar-refractivity contribution is 0.0671. The summed E-state index contributed by atoms with van der Waals surface area (Å²) in [5, 5.41) is 4.33. The van der Waals surface area contributed by atoms with Crippen LogP contribution in [-0.4, -0.2) is 40.8 Å². The minimum atomic E-state index is -0.329. The minimum Gasteiger partial charge on any atom is -0.494 e. The Morgan fingerprint density at radius 1 is 1.28 bits per heavy atom. The predicted octanol–water partition coefficient (Wildman–Crippen LogP) is 2.42. The van der Waals surface area contributed by atoms with Crippen molar-refractivity contribution in [1.82, 2.24) is 14.7 Å². The summed E-state index contributed by atoms with van der Waals surface area (Å²) < 4.78 is 6.50. The largest absolute Gasteiger partial charge is 0.494 e. The Balaban J connectivity index is 2.03. The molecule has 1 aliphatic heterocycles. The monoisotopic (exact) mass is 341 g/mol. The van der Waals surface area contributed by atoms with Gasteiger partial charge >= 0.3 is 0 Å². The topological polar surface area (TPSA) is 64.4 Å². The number of nitrogens with zero attached hydrogens (tertiary/aromatic N) is 3. The molecule has 1 atom stereocenters. The Labute approximate surface area is 147 Å². The van der Waals surface area contributed by atoms with Crippen molar-refractivity contribution >= 4 is 5.91 Å². The second kappa shape index (κ2) is 7.09. The molecule has 0 bridgehead atoms. The molecule has 25 heavy (non-hydrogen) atoms. The van der Waals surface area contributed by atoms with E-state index in [4.69, 9.17) is 4.74 Å². The zero-order chi connectivity index (χ0) is 18.0. The molecule has 2 aromatic rings. The van der Waals surface area contributed by atoms with Crippen molar-refractivity contribution < 1.29 is 9.53 Å². The number of carbonyl (C=O) groups excluding carboxylic acids is 1. The number of aryl methyl sites for hydroxylation is 1. The molecule has 0 spiro atoms. The van der Waals surface area contributed by atoms with Gasteiger partial charge in [0.2, 0.25) is 0 Å². The van der Waals surface area contributed by atoms with Gasteiger partial charge in [-0.05, 0) is 37.8 Å². The van der Waals surface area contributed by atoms with Gasteiger partial charge in [-0.25, -0.2) is 0 Å². The van der Waals surface area contributed by atoms with E-state index >= 15 is 0 Å². The van der Waals surface area contributed by atoms with Crippen molar-refractivity contribution in [2.75, 3.05) is 20.2 Å². The summed E-state index contributed by atoms with van der Waals surface area (Å²) in [7, 11) is 1.45. The van der Waals surface area contributed by atoms with Crippen molar-refractivity contribution in [3.05, 3.63) is 51.9 Å². The summed E-state index contributed by atoms with van der Waals surface area (Å²) >= 11 is 0. The number of hydrogen-bond donors (Lipinski definition) is 0. The van der Waals surface area contributed by atoms with Crippen LogP contribution < -0.4 is 10.3 Å². The summed E-state index contributed by atoms with van der Waals surface area (Å²) in [6, 6.07) is 8.76. The van der Waals surface area contributed by atoms with E-state index in [1.165, 1.54) is 17.9 Å². The maximum Gasteiger partial charge on any atom is 0.278 e. The van der Waals surface area contributed by atoms with E-state index in [1.807, 2.05) is 31.2 Å². The summed E-state index contributed by atoms with van der Waals surface area (Å²) in [5.74, 6) is 0.493. The Bertz CT molecular complexity index is 827. The highest BCUT2D eigenvalue weighted by Crippen LogP contribution is 2.21. The quantitative estimate of drug-likeness (QED) is 0.860. The van der Waals surface area contributed by atoms with Gasteiger partial charge in [0.1, 0.15) is 0 Å². The fourth-order valence-electron chi connectivity index (χ4n) is 3.14. The SMILES string of the molecule is COc1cc(=O)n(-c2ccc(C)cc2)nc1C(=O)N1CCC[C@@H](C)C1. The van der Waals surface area contributed by atoms with Gasteiger partial charge in [0.25, 0.3) is 11.5 Å². The van der Waals surface area contributed by atoms with Crippen molar-refractivity contribution in [3.63, 3.8) is 0 Å². The Hall–Kier alpha value is -2.63. The number of hydrogen-bond acceptors (Lipinski definition) is 4. The first-order chi connectivity index (χ1) is 12.0.